The van der Waals surface area contributed by atoms with Gasteiger partial charge in [0.15, 0.2) is 5.16 Å². The molecule has 1 aromatic carbocycles. The lowest BCUT2D eigenvalue weighted by molar-refractivity contribution is -0.144. The van der Waals surface area contributed by atoms with E-state index in [1.165, 1.54) is 16.6 Å². The van der Waals surface area contributed by atoms with Crippen molar-refractivity contribution in [1.82, 2.24) is 9.55 Å². The first-order valence-electron chi connectivity index (χ1n) is 10.6. The third-order valence-corrected chi connectivity index (χ3v) is 7.15. The zero-order valence-electron chi connectivity index (χ0n) is 18.0. The Morgan fingerprint density at radius 2 is 1.97 bits per heavy atom. The number of thioether (sulfide) groups is 1. The average Bonchev–Trinajstić information content (AvgIpc) is 3.11. The summed E-state index contributed by atoms with van der Waals surface area (Å²) in [5, 5.41) is 1.23. The molecular formula is C23H26N2O4S2. The van der Waals surface area contributed by atoms with Crippen molar-refractivity contribution in [3.05, 3.63) is 45.1 Å². The fraction of sp³-hybridized carbons (Fsp3) is 0.435. The Kier molecular flexibility index (Phi) is 6.67. The minimum absolute atomic E-state index is 0.0757. The maximum absolute atomic E-state index is 13.7. The molecule has 2 heterocycles. The van der Waals surface area contributed by atoms with E-state index in [0.29, 0.717) is 17.5 Å². The van der Waals surface area contributed by atoms with Crippen LogP contribution in [-0.4, -0.2) is 34.0 Å². The number of rotatable bonds is 7. The predicted molar refractivity (Wildman–Crippen MR) is 125 cm³/mol. The van der Waals surface area contributed by atoms with E-state index >= 15 is 0 Å². The fourth-order valence-corrected chi connectivity index (χ4v) is 5.89. The van der Waals surface area contributed by atoms with Crippen molar-refractivity contribution in [2.24, 2.45) is 0 Å². The van der Waals surface area contributed by atoms with Crippen LogP contribution in [0.2, 0.25) is 0 Å². The van der Waals surface area contributed by atoms with E-state index in [1.807, 2.05) is 45.0 Å². The Hall–Kier alpha value is -2.32. The molecule has 0 N–H and O–H groups in total. The van der Waals surface area contributed by atoms with Gasteiger partial charge in [-0.3, -0.25) is 14.2 Å². The Bertz CT molecular complexity index is 1150. The van der Waals surface area contributed by atoms with Crippen molar-refractivity contribution in [2.75, 3.05) is 12.4 Å². The molecule has 0 fully saturated rings. The number of carbonyl (C=O) groups excluding carboxylic acids is 1. The monoisotopic (exact) mass is 458 g/mol. The number of hydrogen-bond acceptors (Lipinski definition) is 7. The van der Waals surface area contributed by atoms with Gasteiger partial charge in [-0.25, -0.2) is 4.98 Å². The van der Waals surface area contributed by atoms with E-state index in [4.69, 9.17) is 14.5 Å². The molecule has 0 radical (unpaired) electrons. The van der Waals surface area contributed by atoms with Gasteiger partial charge in [0.1, 0.15) is 10.6 Å². The number of fused-ring (bicyclic) bond motifs is 3. The minimum Gasteiger partial charge on any atom is -0.494 e. The Balaban J connectivity index is 1.80. The van der Waals surface area contributed by atoms with Gasteiger partial charge in [0, 0.05) is 4.88 Å². The van der Waals surface area contributed by atoms with Gasteiger partial charge in [0.05, 0.1) is 29.5 Å². The zero-order valence-corrected chi connectivity index (χ0v) is 19.6. The molecular weight excluding hydrogens is 432 g/mol. The van der Waals surface area contributed by atoms with Crippen LogP contribution in [0.5, 0.6) is 5.75 Å². The molecule has 6 nitrogen and oxygen atoms in total. The highest BCUT2D eigenvalue weighted by Gasteiger charge is 2.23. The van der Waals surface area contributed by atoms with Gasteiger partial charge in [0.2, 0.25) is 0 Å². The number of nitrogens with zero attached hydrogens (tertiary/aromatic N) is 2. The molecule has 164 valence electrons. The lowest BCUT2D eigenvalue weighted by Gasteiger charge is -2.14. The van der Waals surface area contributed by atoms with Crippen molar-refractivity contribution in [2.45, 2.75) is 57.7 Å². The van der Waals surface area contributed by atoms with Crippen molar-refractivity contribution in [3.63, 3.8) is 0 Å². The van der Waals surface area contributed by atoms with Crippen LogP contribution in [-0.2, 0) is 22.4 Å². The van der Waals surface area contributed by atoms with E-state index < -0.39 is 0 Å². The van der Waals surface area contributed by atoms with Crippen LogP contribution in [0.25, 0.3) is 15.9 Å². The Morgan fingerprint density at radius 1 is 1.23 bits per heavy atom. The molecule has 0 saturated heterocycles. The van der Waals surface area contributed by atoms with Crippen LogP contribution in [0.4, 0.5) is 0 Å². The number of carbonyl (C=O) groups is 1. The summed E-state index contributed by atoms with van der Waals surface area (Å²) in [7, 11) is 0. The number of thiophene rings is 1. The maximum atomic E-state index is 13.7. The topological polar surface area (TPSA) is 70.4 Å². The van der Waals surface area contributed by atoms with Crippen LogP contribution >= 0.6 is 23.1 Å². The predicted octanol–water partition coefficient (Wildman–Crippen LogP) is 4.77. The van der Waals surface area contributed by atoms with E-state index in [1.54, 1.807) is 15.9 Å². The molecule has 2 aromatic heterocycles. The third kappa shape index (κ3) is 4.65. The number of ether oxygens (including phenoxy) is 2. The molecule has 4 rings (SSSR count). The van der Waals surface area contributed by atoms with Gasteiger partial charge in [-0.2, -0.15) is 0 Å². The smallest absolute Gasteiger partial charge is 0.316 e. The van der Waals surface area contributed by atoms with Gasteiger partial charge >= 0.3 is 5.97 Å². The molecule has 3 aromatic rings. The lowest BCUT2D eigenvalue weighted by Crippen LogP contribution is -2.23. The Morgan fingerprint density at radius 3 is 2.68 bits per heavy atom. The summed E-state index contributed by atoms with van der Waals surface area (Å²) in [4.78, 5) is 32.7. The summed E-state index contributed by atoms with van der Waals surface area (Å²) in [6, 6.07) is 7.41. The SMILES string of the molecule is CCOc1ccc(-n2c(SCC(=O)OC(C)C)nc3sc4c(c3c2=O)CCCC4)cc1. The summed E-state index contributed by atoms with van der Waals surface area (Å²) >= 11 is 2.85. The highest BCUT2D eigenvalue weighted by Crippen LogP contribution is 2.35. The highest BCUT2D eigenvalue weighted by molar-refractivity contribution is 7.99. The maximum Gasteiger partial charge on any atom is 0.316 e. The highest BCUT2D eigenvalue weighted by atomic mass is 32.2. The molecule has 0 saturated carbocycles. The standard InChI is InChI=1S/C23H26N2O4S2/c1-4-28-16-11-9-15(10-12-16)25-22(27)20-17-7-5-6-8-18(17)31-21(20)24-23(25)30-13-19(26)29-14(2)3/h9-12,14H,4-8,13H2,1-3H3. The van der Waals surface area contributed by atoms with Gasteiger partial charge in [-0.15, -0.1) is 11.3 Å². The van der Waals surface area contributed by atoms with Crippen molar-refractivity contribution < 1.29 is 14.3 Å². The van der Waals surface area contributed by atoms with Crippen LogP contribution in [0.1, 0.15) is 44.1 Å². The summed E-state index contributed by atoms with van der Waals surface area (Å²) in [6.07, 6.45) is 3.99. The second-order valence-electron chi connectivity index (χ2n) is 7.68. The molecule has 0 spiro atoms. The number of aromatic nitrogens is 2. The molecule has 0 atom stereocenters. The first-order chi connectivity index (χ1) is 15.0. The fourth-order valence-electron chi connectivity index (χ4n) is 3.79. The lowest BCUT2D eigenvalue weighted by atomic mass is 9.97. The van der Waals surface area contributed by atoms with E-state index in [9.17, 15) is 9.59 Å². The molecule has 0 aliphatic heterocycles. The van der Waals surface area contributed by atoms with E-state index in [-0.39, 0.29) is 23.4 Å². The molecule has 31 heavy (non-hydrogen) atoms. The van der Waals surface area contributed by atoms with Crippen molar-refractivity contribution in [3.8, 4) is 11.4 Å². The van der Waals surface area contributed by atoms with Gasteiger partial charge < -0.3 is 9.47 Å². The van der Waals surface area contributed by atoms with Crippen LogP contribution in [0, 0.1) is 0 Å². The van der Waals surface area contributed by atoms with Crippen LogP contribution in [0.3, 0.4) is 0 Å². The van der Waals surface area contributed by atoms with Crippen molar-refractivity contribution in [1.29, 1.82) is 0 Å². The third-order valence-electron chi connectivity index (χ3n) is 5.05. The summed E-state index contributed by atoms with van der Waals surface area (Å²) in [6.45, 7) is 6.14. The summed E-state index contributed by atoms with van der Waals surface area (Å²) < 4.78 is 12.4. The van der Waals surface area contributed by atoms with E-state index in [0.717, 1.165) is 47.2 Å². The minimum atomic E-state index is -0.321. The van der Waals surface area contributed by atoms with Crippen LogP contribution in [0.15, 0.2) is 34.2 Å². The molecule has 1 aliphatic carbocycles. The molecule has 0 amide bonds. The zero-order chi connectivity index (χ0) is 22.0. The van der Waals surface area contributed by atoms with Gasteiger partial charge in [0.25, 0.3) is 5.56 Å². The quantitative estimate of drug-likeness (QED) is 0.289. The molecule has 1 aliphatic rings. The Labute approximate surface area is 189 Å². The van der Waals surface area contributed by atoms with Gasteiger partial charge in [-0.05, 0) is 76.3 Å². The first-order valence-corrected chi connectivity index (χ1v) is 12.4. The number of benzene rings is 1. The average molecular weight is 459 g/mol. The molecule has 0 unspecified atom stereocenters. The molecule has 0 bridgehead atoms. The van der Waals surface area contributed by atoms with Crippen LogP contribution < -0.4 is 10.3 Å². The molecule has 8 heteroatoms. The number of esters is 1. The van der Waals surface area contributed by atoms with Crippen molar-refractivity contribution >= 4 is 39.3 Å². The van der Waals surface area contributed by atoms with Gasteiger partial charge in [-0.1, -0.05) is 11.8 Å². The summed E-state index contributed by atoms with van der Waals surface area (Å²) in [5.41, 5.74) is 1.78. The largest absolute Gasteiger partial charge is 0.494 e. The van der Waals surface area contributed by atoms with E-state index in [2.05, 4.69) is 0 Å². The first kappa shape index (κ1) is 21.9. The second-order valence-corrected chi connectivity index (χ2v) is 9.71. The second kappa shape index (κ2) is 9.44. The summed E-state index contributed by atoms with van der Waals surface area (Å²) in [5.74, 6) is 0.521. The number of aryl methyl sites for hydroxylation is 2. The normalized spacial score (nSPS) is 13.4. The number of hydrogen-bond donors (Lipinski definition) is 0.